The normalized spacial score (nSPS) is 11.4. The molecule has 0 radical (unpaired) electrons. The van der Waals surface area contributed by atoms with Crippen LogP contribution in [0, 0.1) is 6.92 Å². The molecule has 2 aromatic carbocycles. The highest BCUT2D eigenvalue weighted by Crippen LogP contribution is 2.27. The van der Waals surface area contributed by atoms with Crippen LogP contribution in [0.25, 0.3) is 0 Å². The summed E-state index contributed by atoms with van der Waals surface area (Å²) in [5, 5.41) is 0.158. The second-order valence-electron chi connectivity index (χ2n) is 4.54. The molecule has 4 nitrogen and oxygen atoms in total. The third-order valence-electron chi connectivity index (χ3n) is 2.94. The summed E-state index contributed by atoms with van der Waals surface area (Å²) in [7, 11) is -3.76. The molecule has 2 rings (SSSR count). The van der Waals surface area contributed by atoms with Gasteiger partial charge in [-0.3, -0.25) is 4.72 Å². The molecule has 0 aromatic heterocycles. The maximum atomic E-state index is 12.4. The molecule has 0 saturated heterocycles. The molecule has 2 aromatic rings. The number of hydrogen-bond acceptors (Lipinski definition) is 3. The number of benzene rings is 2. The van der Waals surface area contributed by atoms with Gasteiger partial charge in [0.1, 0.15) is 4.90 Å². The third-order valence-corrected chi connectivity index (χ3v) is 5.66. The standard InChI is InChI=1S/C14H14BrClN2O2S/c1-9-2-4-11(7-12(9)15)18-21(19,20)14-6-10(8-17)3-5-13(14)16/h2-7,18H,8,17H2,1H3. The summed E-state index contributed by atoms with van der Waals surface area (Å²) in [5.74, 6) is 0. The fraction of sp³-hybridized carbons (Fsp3) is 0.143. The summed E-state index contributed by atoms with van der Waals surface area (Å²) in [6.07, 6.45) is 0. The van der Waals surface area contributed by atoms with E-state index in [9.17, 15) is 8.42 Å². The van der Waals surface area contributed by atoms with E-state index in [1.54, 1.807) is 18.2 Å². The average Bonchev–Trinajstić information content (AvgIpc) is 2.43. The Hall–Kier alpha value is -1.08. The van der Waals surface area contributed by atoms with E-state index in [4.69, 9.17) is 17.3 Å². The molecule has 0 saturated carbocycles. The Bertz CT molecular complexity index is 779. The van der Waals surface area contributed by atoms with Crippen molar-refractivity contribution in [3.63, 3.8) is 0 Å². The summed E-state index contributed by atoms with van der Waals surface area (Å²) in [6, 6.07) is 9.92. The summed E-state index contributed by atoms with van der Waals surface area (Å²) >= 11 is 9.36. The van der Waals surface area contributed by atoms with Crippen LogP contribution in [0.3, 0.4) is 0 Å². The zero-order valence-electron chi connectivity index (χ0n) is 11.2. The molecule has 7 heteroatoms. The van der Waals surface area contributed by atoms with Gasteiger partial charge in [0.2, 0.25) is 0 Å². The van der Waals surface area contributed by atoms with Gasteiger partial charge in [0.25, 0.3) is 10.0 Å². The van der Waals surface area contributed by atoms with Gasteiger partial charge in [0, 0.05) is 16.7 Å². The molecule has 0 atom stereocenters. The smallest absolute Gasteiger partial charge is 0.263 e. The van der Waals surface area contributed by atoms with Crippen molar-refractivity contribution in [1.29, 1.82) is 0 Å². The molecule has 0 spiro atoms. The van der Waals surface area contributed by atoms with Gasteiger partial charge in [0.15, 0.2) is 0 Å². The van der Waals surface area contributed by atoms with Crippen LogP contribution in [0.2, 0.25) is 5.02 Å². The second kappa shape index (κ2) is 6.36. The predicted molar refractivity (Wildman–Crippen MR) is 89.0 cm³/mol. The first-order chi connectivity index (χ1) is 9.83. The summed E-state index contributed by atoms with van der Waals surface area (Å²) in [5.41, 5.74) is 7.71. The van der Waals surface area contributed by atoms with E-state index in [1.165, 1.54) is 12.1 Å². The lowest BCUT2D eigenvalue weighted by atomic mass is 10.2. The van der Waals surface area contributed by atoms with E-state index >= 15 is 0 Å². The lowest BCUT2D eigenvalue weighted by Gasteiger charge is -2.11. The molecule has 21 heavy (non-hydrogen) atoms. The number of nitrogens with two attached hydrogens (primary N) is 1. The zero-order chi connectivity index (χ0) is 15.6. The van der Waals surface area contributed by atoms with E-state index < -0.39 is 10.0 Å². The lowest BCUT2D eigenvalue weighted by molar-refractivity contribution is 0.601. The number of rotatable bonds is 4. The van der Waals surface area contributed by atoms with E-state index in [2.05, 4.69) is 20.7 Å². The molecule has 3 N–H and O–H groups in total. The van der Waals surface area contributed by atoms with Crippen LogP contribution in [-0.2, 0) is 16.6 Å². The van der Waals surface area contributed by atoms with Gasteiger partial charge in [-0.2, -0.15) is 0 Å². The molecular formula is C14H14BrClN2O2S. The van der Waals surface area contributed by atoms with E-state index in [-0.39, 0.29) is 16.5 Å². The molecule has 0 fully saturated rings. The number of hydrogen-bond donors (Lipinski definition) is 2. The molecule has 0 amide bonds. The molecule has 0 aliphatic rings. The number of sulfonamides is 1. The Labute approximate surface area is 137 Å². The number of halogens is 2. The Kier molecular flexibility index (Phi) is 4.93. The minimum absolute atomic E-state index is 0.0174. The fourth-order valence-electron chi connectivity index (χ4n) is 1.75. The fourth-order valence-corrected chi connectivity index (χ4v) is 3.73. The minimum atomic E-state index is -3.76. The van der Waals surface area contributed by atoms with Crippen LogP contribution in [0.15, 0.2) is 45.8 Å². The second-order valence-corrected chi connectivity index (χ2v) is 7.45. The van der Waals surface area contributed by atoms with Crippen molar-refractivity contribution in [3.05, 3.63) is 57.0 Å². The van der Waals surface area contributed by atoms with Crippen LogP contribution in [-0.4, -0.2) is 8.42 Å². The Balaban J connectivity index is 2.40. The monoisotopic (exact) mass is 388 g/mol. The highest BCUT2D eigenvalue weighted by molar-refractivity contribution is 9.10. The van der Waals surface area contributed by atoms with Crippen molar-refractivity contribution < 1.29 is 8.42 Å². The van der Waals surface area contributed by atoms with Gasteiger partial charge < -0.3 is 5.73 Å². The molecular weight excluding hydrogens is 376 g/mol. The van der Waals surface area contributed by atoms with Crippen LogP contribution < -0.4 is 10.5 Å². The van der Waals surface area contributed by atoms with Crippen LogP contribution >= 0.6 is 27.5 Å². The number of aryl methyl sites for hydroxylation is 1. The van der Waals surface area contributed by atoms with E-state index in [0.717, 1.165) is 10.0 Å². The highest BCUT2D eigenvalue weighted by atomic mass is 79.9. The topological polar surface area (TPSA) is 72.2 Å². The maximum Gasteiger partial charge on any atom is 0.263 e. The Morgan fingerprint density at radius 2 is 1.95 bits per heavy atom. The largest absolute Gasteiger partial charge is 0.326 e. The van der Waals surface area contributed by atoms with Gasteiger partial charge in [-0.05, 0) is 42.3 Å². The molecule has 0 aliphatic heterocycles. The SMILES string of the molecule is Cc1ccc(NS(=O)(=O)c2cc(CN)ccc2Cl)cc1Br. The average molecular weight is 390 g/mol. The molecule has 0 aliphatic carbocycles. The molecule has 0 heterocycles. The van der Waals surface area contributed by atoms with Gasteiger partial charge in [-0.25, -0.2) is 8.42 Å². The Morgan fingerprint density at radius 1 is 1.24 bits per heavy atom. The summed E-state index contributed by atoms with van der Waals surface area (Å²) in [4.78, 5) is 0.0174. The lowest BCUT2D eigenvalue weighted by Crippen LogP contribution is -2.14. The van der Waals surface area contributed by atoms with Crippen molar-refractivity contribution in [2.24, 2.45) is 5.73 Å². The minimum Gasteiger partial charge on any atom is -0.326 e. The van der Waals surface area contributed by atoms with Crippen molar-refractivity contribution in [1.82, 2.24) is 0 Å². The van der Waals surface area contributed by atoms with Crippen molar-refractivity contribution in [2.45, 2.75) is 18.4 Å². The van der Waals surface area contributed by atoms with Crippen molar-refractivity contribution >= 4 is 43.2 Å². The van der Waals surface area contributed by atoms with Crippen molar-refractivity contribution in [3.8, 4) is 0 Å². The number of nitrogens with one attached hydrogen (secondary N) is 1. The molecule has 0 bridgehead atoms. The maximum absolute atomic E-state index is 12.4. The predicted octanol–water partition coefficient (Wildman–Crippen LogP) is 3.67. The third kappa shape index (κ3) is 3.77. The van der Waals surface area contributed by atoms with E-state index in [1.807, 2.05) is 13.0 Å². The van der Waals surface area contributed by atoms with Crippen LogP contribution in [0.1, 0.15) is 11.1 Å². The number of anilines is 1. The van der Waals surface area contributed by atoms with Gasteiger partial charge >= 0.3 is 0 Å². The van der Waals surface area contributed by atoms with Gasteiger partial charge in [-0.1, -0.05) is 39.7 Å². The molecule has 0 unspecified atom stereocenters. The van der Waals surface area contributed by atoms with E-state index in [0.29, 0.717) is 11.3 Å². The van der Waals surface area contributed by atoms with Gasteiger partial charge in [-0.15, -0.1) is 0 Å². The van der Waals surface area contributed by atoms with Crippen LogP contribution in [0.4, 0.5) is 5.69 Å². The van der Waals surface area contributed by atoms with Gasteiger partial charge in [0.05, 0.1) is 5.02 Å². The van der Waals surface area contributed by atoms with Crippen molar-refractivity contribution in [2.75, 3.05) is 4.72 Å². The quantitative estimate of drug-likeness (QED) is 0.838. The highest BCUT2D eigenvalue weighted by Gasteiger charge is 2.18. The first-order valence-electron chi connectivity index (χ1n) is 6.11. The Morgan fingerprint density at radius 3 is 2.57 bits per heavy atom. The summed E-state index contributed by atoms with van der Waals surface area (Å²) in [6.45, 7) is 2.17. The molecule has 112 valence electrons. The first-order valence-corrected chi connectivity index (χ1v) is 8.76. The zero-order valence-corrected chi connectivity index (χ0v) is 14.4. The van der Waals surface area contributed by atoms with Crippen LogP contribution in [0.5, 0.6) is 0 Å². The first kappa shape index (κ1) is 16.3. The summed E-state index contributed by atoms with van der Waals surface area (Å²) < 4.78 is 28.2.